The standard InChI is InChI=1S/C13H10.C4H11N.C2H6/c1-3-7-12-10(5-1)9-11-6-2-4-8-13(11)12;1-4-5(2)3;1-2/h1-8H,9H2;4H2,1-3H3;1-2H3. The quantitative estimate of drug-likeness (QED) is 0.610. The van der Waals surface area contributed by atoms with Gasteiger partial charge in [0.15, 0.2) is 0 Å². The molecule has 0 saturated heterocycles. The van der Waals surface area contributed by atoms with Crippen LogP contribution in [0.15, 0.2) is 48.5 Å². The number of hydrogen-bond acceptors (Lipinski definition) is 1. The Morgan fingerprint density at radius 1 is 0.800 bits per heavy atom. The monoisotopic (exact) mass is 269 g/mol. The second kappa shape index (κ2) is 8.55. The summed E-state index contributed by atoms with van der Waals surface area (Å²) >= 11 is 0. The third kappa shape index (κ3) is 4.21. The number of nitrogens with zero attached hydrogens (tertiary/aromatic N) is 1. The lowest BCUT2D eigenvalue weighted by atomic mass is 10.1. The van der Waals surface area contributed by atoms with E-state index in [4.69, 9.17) is 0 Å². The van der Waals surface area contributed by atoms with Crippen molar-refractivity contribution in [2.24, 2.45) is 0 Å². The van der Waals surface area contributed by atoms with Gasteiger partial charge >= 0.3 is 0 Å². The molecule has 2 aromatic carbocycles. The average Bonchev–Trinajstić information content (AvgIpc) is 2.88. The minimum absolute atomic E-state index is 1.10. The smallest absolute Gasteiger partial charge is 0.00135 e. The Morgan fingerprint density at radius 3 is 1.50 bits per heavy atom. The van der Waals surface area contributed by atoms with Gasteiger partial charge in [0, 0.05) is 0 Å². The Morgan fingerprint density at radius 2 is 1.15 bits per heavy atom. The summed E-state index contributed by atoms with van der Waals surface area (Å²) in [5.41, 5.74) is 5.75. The van der Waals surface area contributed by atoms with Gasteiger partial charge in [0.2, 0.25) is 0 Å². The minimum atomic E-state index is 1.10. The normalized spacial score (nSPS) is 10.7. The Labute approximate surface area is 124 Å². The maximum absolute atomic E-state index is 2.22. The summed E-state index contributed by atoms with van der Waals surface area (Å²) in [6, 6.07) is 17.3. The fraction of sp³-hybridized carbons (Fsp3) is 0.368. The molecule has 0 amide bonds. The van der Waals surface area contributed by atoms with Gasteiger partial charge in [0.05, 0.1) is 0 Å². The first-order valence-electron chi connectivity index (χ1n) is 7.53. The minimum Gasteiger partial charge on any atom is -0.310 e. The molecule has 108 valence electrons. The lowest BCUT2D eigenvalue weighted by Crippen LogP contribution is -2.08. The molecule has 0 heterocycles. The average molecular weight is 269 g/mol. The van der Waals surface area contributed by atoms with E-state index in [1.165, 1.54) is 22.3 Å². The zero-order chi connectivity index (χ0) is 15.0. The van der Waals surface area contributed by atoms with Crippen LogP contribution in [0.3, 0.4) is 0 Å². The molecule has 0 saturated carbocycles. The molecule has 1 nitrogen and oxygen atoms in total. The molecule has 1 heteroatoms. The van der Waals surface area contributed by atoms with Crippen molar-refractivity contribution >= 4 is 0 Å². The molecule has 0 N–H and O–H groups in total. The van der Waals surface area contributed by atoms with Crippen LogP contribution in [0.1, 0.15) is 31.9 Å². The highest BCUT2D eigenvalue weighted by atomic mass is 15.0. The molecule has 0 aliphatic heterocycles. The predicted octanol–water partition coefficient (Wildman–Crippen LogP) is 4.85. The second-order valence-corrected chi connectivity index (χ2v) is 4.89. The number of benzene rings is 2. The molecule has 0 spiro atoms. The first-order valence-corrected chi connectivity index (χ1v) is 7.53. The van der Waals surface area contributed by atoms with E-state index in [2.05, 4.69) is 74.4 Å². The van der Waals surface area contributed by atoms with E-state index >= 15 is 0 Å². The van der Waals surface area contributed by atoms with Crippen LogP contribution in [0.4, 0.5) is 0 Å². The molecule has 20 heavy (non-hydrogen) atoms. The van der Waals surface area contributed by atoms with Gasteiger partial charge in [-0.05, 0) is 49.3 Å². The van der Waals surface area contributed by atoms with Gasteiger partial charge in [-0.1, -0.05) is 69.3 Å². The van der Waals surface area contributed by atoms with E-state index in [-0.39, 0.29) is 0 Å². The first kappa shape index (κ1) is 16.5. The summed E-state index contributed by atoms with van der Waals surface area (Å²) in [5.74, 6) is 0. The lowest BCUT2D eigenvalue weighted by Gasteiger charge is -2.00. The third-order valence-electron chi connectivity index (χ3n) is 3.34. The van der Waals surface area contributed by atoms with Gasteiger partial charge < -0.3 is 4.90 Å². The highest BCUT2D eigenvalue weighted by molar-refractivity contribution is 5.76. The van der Waals surface area contributed by atoms with Crippen molar-refractivity contribution in [2.75, 3.05) is 20.6 Å². The van der Waals surface area contributed by atoms with Crippen LogP contribution in [-0.2, 0) is 6.42 Å². The molecular formula is C19H27N. The van der Waals surface area contributed by atoms with Crippen molar-refractivity contribution in [2.45, 2.75) is 27.2 Å². The van der Waals surface area contributed by atoms with E-state index in [1.54, 1.807) is 0 Å². The fourth-order valence-electron chi connectivity index (χ4n) is 2.08. The predicted molar refractivity (Wildman–Crippen MR) is 90.3 cm³/mol. The first-order chi connectivity index (χ1) is 9.72. The maximum Gasteiger partial charge on any atom is -0.00135 e. The number of fused-ring (bicyclic) bond motifs is 3. The summed E-state index contributed by atoms with van der Waals surface area (Å²) in [4.78, 5) is 2.12. The third-order valence-corrected chi connectivity index (χ3v) is 3.34. The molecule has 0 unspecified atom stereocenters. The van der Waals surface area contributed by atoms with E-state index in [1.807, 2.05) is 13.8 Å². The van der Waals surface area contributed by atoms with Crippen molar-refractivity contribution in [1.82, 2.24) is 4.90 Å². The van der Waals surface area contributed by atoms with Crippen LogP contribution >= 0.6 is 0 Å². The van der Waals surface area contributed by atoms with E-state index in [0.717, 1.165) is 13.0 Å². The molecule has 1 aliphatic rings. The van der Waals surface area contributed by atoms with Crippen LogP contribution in [0, 0.1) is 0 Å². The summed E-state index contributed by atoms with van der Waals surface area (Å²) in [7, 11) is 4.11. The van der Waals surface area contributed by atoms with Crippen molar-refractivity contribution in [3.05, 3.63) is 59.7 Å². The molecule has 0 fully saturated rings. The summed E-state index contributed by atoms with van der Waals surface area (Å²) in [6.45, 7) is 7.26. The van der Waals surface area contributed by atoms with Gasteiger partial charge in [0.25, 0.3) is 0 Å². The molecule has 1 aliphatic carbocycles. The molecule has 3 rings (SSSR count). The van der Waals surface area contributed by atoms with Crippen LogP contribution < -0.4 is 0 Å². The Balaban J connectivity index is 0.000000247. The lowest BCUT2D eigenvalue weighted by molar-refractivity contribution is 0.434. The summed E-state index contributed by atoms with van der Waals surface area (Å²) in [6.07, 6.45) is 1.10. The van der Waals surface area contributed by atoms with Crippen molar-refractivity contribution in [3.63, 3.8) is 0 Å². The zero-order valence-corrected chi connectivity index (χ0v) is 13.5. The van der Waals surface area contributed by atoms with Crippen LogP contribution in [0.2, 0.25) is 0 Å². The Bertz CT molecular complexity index is 471. The maximum atomic E-state index is 2.22. The van der Waals surface area contributed by atoms with E-state index < -0.39 is 0 Å². The summed E-state index contributed by atoms with van der Waals surface area (Å²) < 4.78 is 0. The van der Waals surface area contributed by atoms with Gasteiger partial charge in [-0.2, -0.15) is 0 Å². The topological polar surface area (TPSA) is 3.24 Å². The van der Waals surface area contributed by atoms with Crippen molar-refractivity contribution < 1.29 is 0 Å². The van der Waals surface area contributed by atoms with E-state index in [9.17, 15) is 0 Å². The number of hydrogen-bond donors (Lipinski definition) is 0. The number of rotatable bonds is 1. The second-order valence-electron chi connectivity index (χ2n) is 4.89. The molecule has 0 atom stereocenters. The van der Waals surface area contributed by atoms with Gasteiger partial charge in [-0.15, -0.1) is 0 Å². The highest BCUT2D eigenvalue weighted by Crippen LogP contribution is 2.35. The summed E-state index contributed by atoms with van der Waals surface area (Å²) in [5, 5.41) is 0. The van der Waals surface area contributed by atoms with E-state index in [0.29, 0.717) is 0 Å². The SMILES string of the molecule is CC.CCN(C)C.c1ccc2c(c1)Cc1ccccc1-2. The Kier molecular flexibility index (Phi) is 7.03. The zero-order valence-electron chi connectivity index (χ0n) is 13.5. The molecular weight excluding hydrogens is 242 g/mol. The highest BCUT2D eigenvalue weighted by Gasteiger charge is 2.15. The largest absolute Gasteiger partial charge is 0.310 e. The van der Waals surface area contributed by atoms with Crippen molar-refractivity contribution in [3.8, 4) is 11.1 Å². The molecule has 2 aromatic rings. The van der Waals surface area contributed by atoms with Crippen LogP contribution in [-0.4, -0.2) is 25.5 Å². The van der Waals surface area contributed by atoms with Gasteiger partial charge in [-0.3, -0.25) is 0 Å². The molecule has 0 aromatic heterocycles. The molecule has 0 bridgehead atoms. The van der Waals surface area contributed by atoms with Gasteiger partial charge in [0.1, 0.15) is 0 Å². The fourth-order valence-corrected chi connectivity index (χ4v) is 2.08. The Hall–Kier alpha value is -1.60. The van der Waals surface area contributed by atoms with Crippen LogP contribution in [0.5, 0.6) is 0 Å². The van der Waals surface area contributed by atoms with Crippen LogP contribution in [0.25, 0.3) is 11.1 Å². The molecule has 0 radical (unpaired) electrons. The van der Waals surface area contributed by atoms with Gasteiger partial charge in [-0.25, -0.2) is 0 Å². The van der Waals surface area contributed by atoms with Crippen molar-refractivity contribution in [1.29, 1.82) is 0 Å².